The van der Waals surface area contributed by atoms with Crippen LogP contribution in [0.25, 0.3) is 0 Å². The van der Waals surface area contributed by atoms with E-state index >= 15 is 0 Å². The van der Waals surface area contributed by atoms with Crippen LogP contribution < -0.4 is 10.7 Å². The first-order valence-corrected chi connectivity index (χ1v) is 6.68. The van der Waals surface area contributed by atoms with Crippen LogP contribution in [-0.4, -0.2) is 30.2 Å². The molecule has 0 aromatic heterocycles. The molecule has 1 aromatic rings. The monoisotopic (exact) mass is 295 g/mol. The van der Waals surface area contributed by atoms with Crippen molar-refractivity contribution in [3.63, 3.8) is 0 Å². The van der Waals surface area contributed by atoms with Gasteiger partial charge < -0.3 is 4.74 Å². The standard InChI is InChI=1S/C13H14ClN3O3/c14-7-8-20-13(19)15-10-3-1-9(2-4-10)11-5-6-12(18)17-16-11/h1-4H,5-8H2,(H,15,19)(H,17,18). The first-order chi connectivity index (χ1) is 9.69. The zero-order valence-electron chi connectivity index (χ0n) is 10.7. The third-order valence-electron chi connectivity index (χ3n) is 2.68. The average molecular weight is 296 g/mol. The number of amides is 2. The highest BCUT2D eigenvalue weighted by atomic mass is 35.5. The van der Waals surface area contributed by atoms with Crippen molar-refractivity contribution < 1.29 is 14.3 Å². The van der Waals surface area contributed by atoms with Crippen LogP contribution in [0.3, 0.4) is 0 Å². The molecule has 1 heterocycles. The van der Waals surface area contributed by atoms with Crippen molar-refractivity contribution >= 4 is 35.0 Å². The van der Waals surface area contributed by atoms with E-state index in [4.69, 9.17) is 16.3 Å². The van der Waals surface area contributed by atoms with E-state index in [0.717, 1.165) is 11.3 Å². The van der Waals surface area contributed by atoms with E-state index in [0.29, 0.717) is 18.5 Å². The molecule has 0 atom stereocenters. The molecular weight excluding hydrogens is 282 g/mol. The highest BCUT2D eigenvalue weighted by Gasteiger charge is 2.13. The summed E-state index contributed by atoms with van der Waals surface area (Å²) in [6, 6.07) is 7.15. The van der Waals surface area contributed by atoms with E-state index in [-0.39, 0.29) is 18.4 Å². The molecule has 106 valence electrons. The Morgan fingerprint density at radius 3 is 2.70 bits per heavy atom. The second-order valence-electron chi connectivity index (χ2n) is 4.12. The van der Waals surface area contributed by atoms with E-state index in [1.54, 1.807) is 12.1 Å². The molecule has 1 aromatic carbocycles. The van der Waals surface area contributed by atoms with Gasteiger partial charge in [0, 0.05) is 18.5 Å². The summed E-state index contributed by atoms with van der Waals surface area (Å²) in [7, 11) is 0. The number of carbonyl (C=O) groups is 2. The largest absolute Gasteiger partial charge is 0.448 e. The smallest absolute Gasteiger partial charge is 0.411 e. The molecule has 1 aliphatic heterocycles. The number of hydrazone groups is 1. The van der Waals surface area contributed by atoms with Gasteiger partial charge in [-0.1, -0.05) is 12.1 Å². The molecule has 0 saturated carbocycles. The molecule has 1 aliphatic rings. The Balaban J connectivity index is 1.96. The topological polar surface area (TPSA) is 79.8 Å². The Bertz CT molecular complexity index is 528. The summed E-state index contributed by atoms with van der Waals surface area (Å²) in [6.45, 7) is 0.169. The van der Waals surface area contributed by atoms with Gasteiger partial charge in [-0.25, -0.2) is 10.2 Å². The highest BCUT2D eigenvalue weighted by molar-refractivity contribution is 6.18. The number of rotatable bonds is 4. The summed E-state index contributed by atoms with van der Waals surface area (Å²) < 4.78 is 4.80. The molecular formula is C13H14ClN3O3. The molecule has 2 rings (SSSR count). The van der Waals surface area contributed by atoms with Crippen molar-refractivity contribution in [1.82, 2.24) is 5.43 Å². The number of benzene rings is 1. The number of halogens is 1. The fourth-order valence-electron chi connectivity index (χ4n) is 1.71. The van der Waals surface area contributed by atoms with Gasteiger partial charge in [-0.05, 0) is 17.7 Å². The fraction of sp³-hybridized carbons (Fsp3) is 0.308. The van der Waals surface area contributed by atoms with E-state index in [1.807, 2.05) is 12.1 Å². The maximum Gasteiger partial charge on any atom is 0.411 e. The maximum atomic E-state index is 11.3. The van der Waals surface area contributed by atoms with Gasteiger partial charge >= 0.3 is 6.09 Å². The molecule has 0 aliphatic carbocycles. The van der Waals surface area contributed by atoms with Gasteiger partial charge in [-0.3, -0.25) is 10.1 Å². The second-order valence-corrected chi connectivity index (χ2v) is 4.50. The summed E-state index contributed by atoms with van der Waals surface area (Å²) in [6.07, 6.45) is 0.501. The van der Waals surface area contributed by atoms with Crippen molar-refractivity contribution in [3.05, 3.63) is 29.8 Å². The van der Waals surface area contributed by atoms with Gasteiger partial charge in [0.05, 0.1) is 11.6 Å². The van der Waals surface area contributed by atoms with Crippen molar-refractivity contribution in [1.29, 1.82) is 0 Å². The number of anilines is 1. The molecule has 0 bridgehead atoms. The van der Waals surface area contributed by atoms with E-state index < -0.39 is 6.09 Å². The van der Waals surface area contributed by atoms with Crippen LogP contribution in [-0.2, 0) is 9.53 Å². The third kappa shape index (κ3) is 3.96. The molecule has 0 saturated heterocycles. The quantitative estimate of drug-likeness (QED) is 0.835. The minimum Gasteiger partial charge on any atom is -0.448 e. The van der Waals surface area contributed by atoms with Crippen molar-refractivity contribution in [2.75, 3.05) is 17.8 Å². The summed E-state index contributed by atoms with van der Waals surface area (Å²) >= 11 is 5.42. The molecule has 0 radical (unpaired) electrons. The van der Waals surface area contributed by atoms with Gasteiger partial charge in [0.2, 0.25) is 5.91 Å². The van der Waals surface area contributed by atoms with Gasteiger partial charge in [-0.2, -0.15) is 5.10 Å². The lowest BCUT2D eigenvalue weighted by Crippen LogP contribution is -2.25. The fourth-order valence-corrected chi connectivity index (χ4v) is 1.79. The summed E-state index contributed by atoms with van der Waals surface area (Å²) in [5.74, 6) is 0.187. The Kier molecular flexibility index (Phi) is 4.95. The predicted octanol–water partition coefficient (Wildman–Crippen LogP) is 2.09. The van der Waals surface area contributed by atoms with Crippen LogP contribution in [0, 0.1) is 0 Å². The minimum absolute atomic E-state index is 0.0749. The Morgan fingerprint density at radius 1 is 1.35 bits per heavy atom. The molecule has 20 heavy (non-hydrogen) atoms. The van der Waals surface area contributed by atoms with Crippen LogP contribution in [0.2, 0.25) is 0 Å². The second kappa shape index (κ2) is 6.91. The molecule has 2 amide bonds. The molecule has 6 nitrogen and oxygen atoms in total. The van der Waals surface area contributed by atoms with Crippen LogP contribution in [0.5, 0.6) is 0 Å². The SMILES string of the molecule is O=C1CCC(c2ccc(NC(=O)OCCCl)cc2)=NN1. The normalized spacial score (nSPS) is 14.2. The Hall–Kier alpha value is -2.08. The first kappa shape index (κ1) is 14.3. The summed E-state index contributed by atoms with van der Waals surface area (Å²) in [5.41, 5.74) is 4.79. The van der Waals surface area contributed by atoms with Crippen molar-refractivity contribution in [3.8, 4) is 0 Å². The molecule has 0 fully saturated rings. The third-order valence-corrected chi connectivity index (χ3v) is 2.83. The number of hydrogen-bond donors (Lipinski definition) is 2. The van der Waals surface area contributed by atoms with Gasteiger partial charge in [0.1, 0.15) is 6.61 Å². The number of alkyl halides is 1. The lowest BCUT2D eigenvalue weighted by atomic mass is 10.0. The molecule has 2 N–H and O–H groups in total. The molecule has 0 spiro atoms. The number of hydrogen-bond acceptors (Lipinski definition) is 4. The zero-order chi connectivity index (χ0) is 14.4. The molecule has 7 heteroatoms. The summed E-state index contributed by atoms with van der Waals surface area (Å²) in [4.78, 5) is 22.3. The number of nitrogens with zero attached hydrogens (tertiary/aromatic N) is 1. The van der Waals surface area contributed by atoms with Crippen LogP contribution >= 0.6 is 11.6 Å². The van der Waals surface area contributed by atoms with E-state index in [2.05, 4.69) is 15.8 Å². The average Bonchev–Trinajstić information content (AvgIpc) is 2.47. The van der Waals surface area contributed by atoms with Crippen LogP contribution in [0.1, 0.15) is 18.4 Å². The summed E-state index contributed by atoms with van der Waals surface area (Å²) in [5, 5.41) is 6.59. The van der Waals surface area contributed by atoms with E-state index in [9.17, 15) is 9.59 Å². The zero-order valence-corrected chi connectivity index (χ0v) is 11.4. The molecule has 0 unspecified atom stereocenters. The minimum atomic E-state index is -0.541. The van der Waals surface area contributed by atoms with E-state index in [1.165, 1.54) is 0 Å². The lowest BCUT2D eigenvalue weighted by Gasteiger charge is -2.12. The Labute approximate surface area is 121 Å². The van der Waals surface area contributed by atoms with Crippen molar-refractivity contribution in [2.24, 2.45) is 5.10 Å². The number of nitrogens with one attached hydrogen (secondary N) is 2. The van der Waals surface area contributed by atoms with Gasteiger partial charge in [-0.15, -0.1) is 11.6 Å². The van der Waals surface area contributed by atoms with Gasteiger partial charge in [0.15, 0.2) is 0 Å². The van der Waals surface area contributed by atoms with Gasteiger partial charge in [0.25, 0.3) is 0 Å². The van der Waals surface area contributed by atoms with Crippen molar-refractivity contribution in [2.45, 2.75) is 12.8 Å². The highest BCUT2D eigenvalue weighted by Crippen LogP contribution is 2.14. The number of ether oxygens (including phenoxy) is 1. The predicted molar refractivity (Wildman–Crippen MR) is 76.0 cm³/mol. The lowest BCUT2D eigenvalue weighted by molar-refractivity contribution is -0.121. The maximum absolute atomic E-state index is 11.3. The van der Waals surface area contributed by atoms with Crippen LogP contribution in [0.15, 0.2) is 29.4 Å². The number of carbonyl (C=O) groups excluding carboxylic acids is 2. The first-order valence-electron chi connectivity index (χ1n) is 6.14. The Morgan fingerprint density at radius 2 is 2.10 bits per heavy atom. The van der Waals surface area contributed by atoms with Crippen LogP contribution in [0.4, 0.5) is 10.5 Å².